The summed E-state index contributed by atoms with van der Waals surface area (Å²) in [6.07, 6.45) is 3.63. The Balaban J connectivity index is 2.06. The molecule has 0 spiro atoms. The summed E-state index contributed by atoms with van der Waals surface area (Å²) >= 11 is 1.51. The molecule has 0 aliphatic rings. The fourth-order valence-electron chi connectivity index (χ4n) is 2.59. The van der Waals surface area contributed by atoms with E-state index in [1.165, 1.54) is 11.3 Å². The Bertz CT molecular complexity index is 1210. The fraction of sp³-hybridized carbons (Fsp3) is 0. The molecule has 3 aromatic heterocycles. The molecule has 0 bridgehead atoms. The maximum atomic E-state index is 7.22. The second-order valence-corrected chi connectivity index (χ2v) is 6.12. The van der Waals surface area contributed by atoms with Crippen molar-refractivity contribution in [1.29, 1.82) is 5.41 Å². The standard InChI is InChI=1S/C14H13N11S/c15-12(16)23-21-6-1-2-7(22-24-13(17)18)10-9(6)11-8(5-19-10)25-3-4-26-14(25)20-11/h1-5,21H,(H3,17,18)(H4,15,16,23). The van der Waals surface area contributed by atoms with Gasteiger partial charge in [-0.05, 0) is 12.1 Å². The SMILES string of the molecule is N=C(N)N=Nc1ccc(NN=C(N)N)c2c1ncc1c2nc2sccn21. The third-order valence-electron chi connectivity index (χ3n) is 3.58. The third-order valence-corrected chi connectivity index (χ3v) is 4.34. The molecule has 3 heterocycles. The van der Waals surface area contributed by atoms with Crippen LogP contribution >= 0.6 is 11.3 Å². The summed E-state index contributed by atoms with van der Waals surface area (Å²) in [5.74, 6) is -0.506. The van der Waals surface area contributed by atoms with Gasteiger partial charge < -0.3 is 17.2 Å². The van der Waals surface area contributed by atoms with Crippen LogP contribution in [-0.4, -0.2) is 26.3 Å². The van der Waals surface area contributed by atoms with Crippen molar-refractivity contribution in [2.45, 2.75) is 0 Å². The molecule has 12 heteroatoms. The second-order valence-electron chi connectivity index (χ2n) is 5.25. The lowest BCUT2D eigenvalue weighted by molar-refractivity contribution is 1.21. The average Bonchev–Trinajstić information content (AvgIpc) is 3.19. The molecule has 0 aliphatic heterocycles. The molecular weight excluding hydrogens is 354 g/mol. The predicted octanol–water partition coefficient (Wildman–Crippen LogP) is 1.67. The van der Waals surface area contributed by atoms with E-state index >= 15 is 0 Å². The first kappa shape index (κ1) is 15.7. The van der Waals surface area contributed by atoms with Gasteiger partial charge in [-0.2, -0.15) is 0 Å². The maximum absolute atomic E-state index is 7.22. The zero-order valence-corrected chi connectivity index (χ0v) is 14.0. The lowest BCUT2D eigenvalue weighted by atomic mass is 10.1. The van der Waals surface area contributed by atoms with Crippen LogP contribution in [0.2, 0.25) is 0 Å². The van der Waals surface area contributed by atoms with Gasteiger partial charge in [0.1, 0.15) is 16.7 Å². The van der Waals surface area contributed by atoms with Gasteiger partial charge in [0.05, 0.1) is 22.8 Å². The Morgan fingerprint density at radius 3 is 2.85 bits per heavy atom. The topological polar surface area (TPSA) is 181 Å². The number of nitrogens with one attached hydrogen (secondary N) is 2. The maximum Gasteiger partial charge on any atom is 0.232 e. The van der Waals surface area contributed by atoms with Crippen LogP contribution in [0, 0.1) is 5.41 Å². The summed E-state index contributed by atoms with van der Waals surface area (Å²) < 4.78 is 1.94. The molecule has 0 aliphatic carbocycles. The number of nitrogens with zero attached hydrogens (tertiary/aromatic N) is 6. The number of anilines is 1. The third kappa shape index (κ3) is 2.53. The van der Waals surface area contributed by atoms with E-state index in [-0.39, 0.29) is 5.96 Å². The van der Waals surface area contributed by atoms with Crippen molar-refractivity contribution < 1.29 is 0 Å². The van der Waals surface area contributed by atoms with E-state index in [1.807, 2.05) is 16.0 Å². The van der Waals surface area contributed by atoms with Gasteiger partial charge in [0.25, 0.3) is 0 Å². The first-order valence-electron chi connectivity index (χ1n) is 7.32. The molecule has 1 aromatic carbocycles. The van der Waals surface area contributed by atoms with Crippen molar-refractivity contribution in [3.8, 4) is 0 Å². The number of fused-ring (bicyclic) bond motifs is 5. The van der Waals surface area contributed by atoms with Gasteiger partial charge in [-0.25, -0.2) is 4.98 Å². The van der Waals surface area contributed by atoms with Crippen molar-refractivity contribution in [3.63, 3.8) is 0 Å². The van der Waals surface area contributed by atoms with Crippen molar-refractivity contribution in [2.75, 3.05) is 5.43 Å². The van der Waals surface area contributed by atoms with Crippen LogP contribution in [-0.2, 0) is 0 Å². The first-order valence-corrected chi connectivity index (χ1v) is 8.20. The summed E-state index contributed by atoms with van der Waals surface area (Å²) in [7, 11) is 0. The lowest BCUT2D eigenvalue weighted by Gasteiger charge is -2.08. The molecule has 4 rings (SSSR count). The number of thiazole rings is 1. The molecule has 130 valence electrons. The Morgan fingerprint density at radius 2 is 2.08 bits per heavy atom. The highest BCUT2D eigenvalue weighted by atomic mass is 32.1. The molecule has 11 nitrogen and oxygen atoms in total. The van der Waals surface area contributed by atoms with E-state index in [2.05, 4.69) is 30.7 Å². The molecule has 0 saturated carbocycles. The number of aromatic nitrogens is 3. The Kier molecular flexibility index (Phi) is 3.58. The number of azo groups is 1. The molecule has 0 saturated heterocycles. The van der Waals surface area contributed by atoms with E-state index in [1.54, 1.807) is 18.3 Å². The monoisotopic (exact) mass is 367 g/mol. The van der Waals surface area contributed by atoms with E-state index in [0.717, 1.165) is 16.0 Å². The van der Waals surface area contributed by atoms with Gasteiger partial charge in [0.15, 0.2) is 4.96 Å². The normalized spacial score (nSPS) is 11.5. The van der Waals surface area contributed by atoms with Crippen molar-refractivity contribution in [1.82, 2.24) is 14.4 Å². The largest absolute Gasteiger partial charge is 0.369 e. The zero-order valence-electron chi connectivity index (χ0n) is 13.2. The molecule has 0 radical (unpaired) electrons. The number of pyridine rings is 1. The van der Waals surface area contributed by atoms with E-state index in [4.69, 9.17) is 22.6 Å². The van der Waals surface area contributed by atoms with Crippen molar-refractivity contribution in [2.24, 2.45) is 32.5 Å². The molecule has 0 amide bonds. The summed E-state index contributed by atoms with van der Waals surface area (Å²) in [5.41, 5.74) is 22.0. The molecule has 4 aromatic rings. The van der Waals surface area contributed by atoms with Gasteiger partial charge in [-0.3, -0.25) is 20.2 Å². The predicted molar refractivity (Wildman–Crippen MR) is 102 cm³/mol. The highest BCUT2D eigenvalue weighted by molar-refractivity contribution is 7.15. The van der Waals surface area contributed by atoms with Crippen LogP contribution in [0.15, 0.2) is 45.2 Å². The quantitative estimate of drug-likeness (QED) is 0.159. The van der Waals surface area contributed by atoms with Gasteiger partial charge in [0.2, 0.25) is 11.9 Å². The first-order chi connectivity index (χ1) is 12.5. The highest BCUT2D eigenvalue weighted by Crippen LogP contribution is 2.36. The van der Waals surface area contributed by atoms with Gasteiger partial charge in [0, 0.05) is 11.6 Å². The summed E-state index contributed by atoms with van der Waals surface area (Å²) in [6.45, 7) is 0. The molecule has 8 N–H and O–H groups in total. The zero-order chi connectivity index (χ0) is 18.3. The minimum Gasteiger partial charge on any atom is -0.369 e. The van der Waals surface area contributed by atoms with Crippen molar-refractivity contribution >= 4 is 61.5 Å². The fourth-order valence-corrected chi connectivity index (χ4v) is 3.31. The van der Waals surface area contributed by atoms with Crippen LogP contribution in [0.1, 0.15) is 0 Å². The lowest BCUT2D eigenvalue weighted by Crippen LogP contribution is -2.23. The van der Waals surface area contributed by atoms with E-state index in [0.29, 0.717) is 22.3 Å². The minimum absolute atomic E-state index is 0.107. The summed E-state index contributed by atoms with van der Waals surface area (Å²) in [4.78, 5) is 10.0. The smallest absolute Gasteiger partial charge is 0.232 e. The number of imidazole rings is 1. The number of rotatable bonds is 3. The van der Waals surface area contributed by atoms with Gasteiger partial charge >= 0.3 is 0 Å². The molecule has 0 fully saturated rings. The average molecular weight is 367 g/mol. The summed E-state index contributed by atoms with van der Waals surface area (Å²) in [6, 6.07) is 3.41. The van der Waals surface area contributed by atoms with Gasteiger partial charge in [-0.1, -0.05) is 0 Å². The molecule has 0 atom stereocenters. The Hall–Kier alpha value is -3.80. The number of hydrogen-bond acceptors (Lipinski definition) is 7. The van der Waals surface area contributed by atoms with Gasteiger partial charge in [-0.15, -0.1) is 26.7 Å². The van der Waals surface area contributed by atoms with Crippen LogP contribution in [0.4, 0.5) is 11.4 Å². The van der Waals surface area contributed by atoms with Crippen LogP contribution < -0.4 is 22.6 Å². The number of guanidine groups is 2. The van der Waals surface area contributed by atoms with E-state index in [9.17, 15) is 0 Å². The number of nitrogens with two attached hydrogens (primary N) is 3. The number of benzene rings is 1. The minimum atomic E-state index is -0.399. The van der Waals surface area contributed by atoms with Crippen LogP contribution in [0.5, 0.6) is 0 Å². The summed E-state index contributed by atoms with van der Waals surface area (Å²) in [5, 5.41) is 21.3. The van der Waals surface area contributed by atoms with Crippen molar-refractivity contribution in [3.05, 3.63) is 29.9 Å². The number of hydrazone groups is 1. The Labute approximate surface area is 149 Å². The van der Waals surface area contributed by atoms with Crippen LogP contribution in [0.3, 0.4) is 0 Å². The number of hydrogen-bond donors (Lipinski definition) is 5. The van der Waals surface area contributed by atoms with Crippen LogP contribution in [0.25, 0.3) is 26.9 Å². The Morgan fingerprint density at radius 1 is 1.23 bits per heavy atom. The molecule has 0 unspecified atom stereocenters. The van der Waals surface area contributed by atoms with E-state index < -0.39 is 5.96 Å². The highest BCUT2D eigenvalue weighted by Gasteiger charge is 2.16. The second kappa shape index (κ2) is 5.93. The molecule has 26 heavy (non-hydrogen) atoms. The molecular formula is C14H13N11S.